The number of pyridine rings is 1. The van der Waals surface area contributed by atoms with Crippen LogP contribution in [0.5, 0.6) is 0 Å². The van der Waals surface area contributed by atoms with Crippen molar-refractivity contribution in [2.45, 2.75) is 32.2 Å². The van der Waals surface area contributed by atoms with Crippen molar-refractivity contribution in [1.82, 2.24) is 15.2 Å². The summed E-state index contributed by atoms with van der Waals surface area (Å²) < 4.78 is 0. The second kappa shape index (κ2) is 7.17. The Morgan fingerprint density at radius 2 is 2.09 bits per heavy atom. The lowest BCUT2D eigenvalue weighted by Crippen LogP contribution is -2.49. The minimum atomic E-state index is 0.0214. The molecule has 2 saturated heterocycles. The average molecular weight is 318 g/mol. The van der Waals surface area contributed by atoms with Crippen molar-refractivity contribution >= 4 is 11.8 Å². The van der Waals surface area contributed by atoms with E-state index >= 15 is 0 Å². The minimum Gasteiger partial charge on any atom is -0.396 e. The maximum absolute atomic E-state index is 12.3. The quantitative estimate of drug-likeness (QED) is 0.883. The number of aliphatic hydroxyl groups excluding tert-OH is 1. The van der Waals surface area contributed by atoms with E-state index in [0.717, 1.165) is 50.4 Å². The van der Waals surface area contributed by atoms with Crippen molar-refractivity contribution in [3.05, 3.63) is 23.9 Å². The number of aliphatic hydroxyl groups is 1. The molecule has 0 radical (unpaired) electrons. The number of carbonyl (C=O) groups is 1. The van der Waals surface area contributed by atoms with Crippen LogP contribution in [0.3, 0.4) is 0 Å². The number of hydrogen-bond acceptors (Lipinski definition) is 4. The number of anilines is 1. The van der Waals surface area contributed by atoms with Crippen LogP contribution in [0.2, 0.25) is 0 Å². The van der Waals surface area contributed by atoms with Crippen molar-refractivity contribution < 1.29 is 9.90 Å². The molecule has 0 aliphatic carbocycles. The normalized spacial score (nSPS) is 22.4. The first kappa shape index (κ1) is 16.1. The Balaban J connectivity index is 1.47. The molecular weight excluding hydrogens is 292 g/mol. The first-order valence-electron chi connectivity index (χ1n) is 8.50. The van der Waals surface area contributed by atoms with Crippen molar-refractivity contribution in [1.29, 1.82) is 0 Å². The van der Waals surface area contributed by atoms with Gasteiger partial charge in [-0.2, -0.15) is 0 Å². The van der Waals surface area contributed by atoms with E-state index in [0.29, 0.717) is 6.54 Å². The molecule has 0 spiro atoms. The highest BCUT2D eigenvalue weighted by Gasteiger charge is 2.28. The number of amides is 2. The third-order valence-electron chi connectivity index (χ3n) is 4.85. The molecule has 2 aliphatic heterocycles. The standard InChI is InChI=1S/C17H26N4O2/c1-13-3-2-4-16(18-13)20-9-6-15(7-10-20)19-17(23)21-8-5-14(11-21)12-22/h2-4,14-15,22H,5-12H2,1H3,(H,19,23). The number of aryl methyl sites for hydroxylation is 1. The maximum atomic E-state index is 12.3. The fraction of sp³-hybridized carbons (Fsp3) is 0.647. The smallest absolute Gasteiger partial charge is 0.317 e. The zero-order valence-electron chi connectivity index (χ0n) is 13.7. The summed E-state index contributed by atoms with van der Waals surface area (Å²) in [6.45, 7) is 5.44. The van der Waals surface area contributed by atoms with Crippen LogP contribution < -0.4 is 10.2 Å². The van der Waals surface area contributed by atoms with Gasteiger partial charge in [0, 0.05) is 50.4 Å². The summed E-state index contributed by atoms with van der Waals surface area (Å²) in [5.74, 6) is 1.27. The van der Waals surface area contributed by atoms with Gasteiger partial charge >= 0.3 is 6.03 Å². The summed E-state index contributed by atoms with van der Waals surface area (Å²) in [6, 6.07) is 6.35. The van der Waals surface area contributed by atoms with E-state index in [-0.39, 0.29) is 24.6 Å². The van der Waals surface area contributed by atoms with Gasteiger partial charge in [0.05, 0.1) is 0 Å². The Morgan fingerprint density at radius 3 is 2.74 bits per heavy atom. The van der Waals surface area contributed by atoms with Crippen LogP contribution in [0, 0.1) is 12.8 Å². The molecule has 2 amide bonds. The zero-order chi connectivity index (χ0) is 16.2. The van der Waals surface area contributed by atoms with Crippen LogP contribution >= 0.6 is 0 Å². The molecule has 1 unspecified atom stereocenters. The van der Waals surface area contributed by atoms with Gasteiger partial charge in [0.25, 0.3) is 0 Å². The maximum Gasteiger partial charge on any atom is 0.317 e. The lowest BCUT2D eigenvalue weighted by molar-refractivity contribution is 0.193. The van der Waals surface area contributed by atoms with Crippen LogP contribution in [0.1, 0.15) is 25.0 Å². The molecule has 0 saturated carbocycles. The lowest BCUT2D eigenvalue weighted by atomic mass is 10.1. The fourth-order valence-electron chi connectivity index (χ4n) is 3.39. The van der Waals surface area contributed by atoms with Gasteiger partial charge in [-0.05, 0) is 38.3 Å². The van der Waals surface area contributed by atoms with E-state index in [1.54, 1.807) is 0 Å². The van der Waals surface area contributed by atoms with Gasteiger partial charge in [-0.1, -0.05) is 6.07 Å². The average Bonchev–Trinajstić information content (AvgIpc) is 3.05. The van der Waals surface area contributed by atoms with Gasteiger partial charge in [0.2, 0.25) is 0 Å². The molecule has 23 heavy (non-hydrogen) atoms. The lowest BCUT2D eigenvalue weighted by Gasteiger charge is -2.34. The third-order valence-corrected chi connectivity index (χ3v) is 4.85. The third kappa shape index (κ3) is 3.93. The van der Waals surface area contributed by atoms with Crippen LogP contribution in [-0.2, 0) is 0 Å². The van der Waals surface area contributed by atoms with Gasteiger partial charge in [0.15, 0.2) is 0 Å². The van der Waals surface area contributed by atoms with Crippen LogP contribution in [0.4, 0.5) is 10.6 Å². The Kier molecular flexibility index (Phi) is 5.00. The summed E-state index contributed by atoms with van der Waals surface area (Å²) in [7, 11) is 0. The predicted molar refractivity (Wildman–Crippen MR) is 89.5 cm³/mol. The Hall–Kier alpha value is -1.82. The highest BCUT2D eigenvalue weighted by molar-refractivity contribution is 5.74. The molecule has 1 atom stereocenters. The van der Waals surface area contributed by atoms with Gasteiger partial charge < -0.3 is 20.2 Å². The number of carbonyl (C=O) groups excluding carboxylic acids is 1. The fourth-order valence-corrected chi connectivity index (χ4v) is 3.39. The van der Waals surface area contributed by atoms with Gasteiger partial charge in [-0.3, -0.25) is 0 Å². The second-order valence-corrected chi connectivity index (χ2v) is 6.63. The first-order chi connectivity index (χ1) is 11.2. The molecule has 6 nitrogen and oxygen atoms in total. The molecule has 0 bridgehead atoms. The molecule has 3 heterocycles. The van der Waals surface area contributed by atoms with E-state index in [1.807, 2.05) is 30.0 Å². The van der Waals surface area contributed by atoms with Crippen molar-refractivity contribution in [3.63, 3.8) is 0 Å². The van der Waals surface area contributed by atoms with E-state index in [1.165, 1.54) is 0 Å². The number of piperidine rings is 1. The number of nitrogens with one attached hydrogen (secondary N) is 1. The summed E-state index contributed by atoms with van der Waals surface area (Å²) in [5, 5.41) is 12.3. The Morgan fingerprint density at radius 1 is 1.30 bits per heavy atom. The molecule has 3 rings (SSSR count). The van der Waals surface area contributed by atoms with Gasteiger partial charge in [0.1, 0.15) is 5.82 Å². The SMILES string of the molecule is Cc1cccc(N2CCC(NC(=O)N3CCC(CO)C3)CC2)n1. The molecule has 1 aromatic rings. The topological polar surface area (TPSA) is 68.7 Å². The minimum absolute atomic E-state index is 0.0214. The first-order valence-corrected chi connectivity index (χ1v) is 8.50. The molecule has 2 fully saturated rings. The molecule has 2 N–H and O–H groups in total. The summed E-state index contributed by atoms with van der Waals surface area (Å²) in [6.07, 6.45) is 2.79. The molecule has 0 aromatic carbocycles. The van der Waals surface area contributed by atoms with Crippen LogP contribution in [0.15, 0.2) is 18.2 Å². The monoisotopic (exact) mass is 318 g/mol. The van der Waals surface area contributed by atoms with E-state index in [2.05, 4.69) is 15.2 Å². The Labute approximate surface area is 137 Å². The number of aromatic nitrogens is 1. The van der Waals surface area contributed by atoms with Crippen molar-refractivity contribution in [2.75, 3.05) is 37.7 Å². The van der Waals surface area contributed by atoms with Crippen molar-refractivity contribution in [2.24, 2.45) is 5.92 Å². The molecule has 2 aliphatic rings. The van der Waals surface area contributed by atoms with E-state index in [4.69, 9.17) is 0 Å². The largest absolute Gasteiger partial charge is 0.396 e. The van der Waals surface area contributed by atoms with Crippen LogP contribution in [0.25, 0.3) is 0 Å². The number of rotatable bonds is 3. The second-order valence-electron chi connectivity index (χ2n) is 6.63. The highest BCUT2D eigenvalue weighted by Crippen LogP contribution is 2.19. The molecular formula is C17H26N4O2. The molecule has 1 aromatic heterocycles. The number of urea groups is 1. The molecule has 126 valence electrons. The molecule has 6 heteroatoms. The van der Waals surface area contributed by atoms with E-state index < -0.39 is 0 Å². The van der Waals surface area contributed by atoms with Gasteiger partial charge in [-0.15, -0.1) is 0 Å². The summed E-state index contributed by atoms with van der Waals surface area (Å²) >= 11 is 0. The van der Waals surface area contributed by atoms with E-state index in [9.17, 15) is 9.90 Å². The zero-order valence-corrected chi connectivity index (χ0v) is 13.7. The Bertz CT molecular complexity index is 543. The van der Waals surface area contributed by atoms with Crippen LogP contribution in [-0.4, -0.2) is 59.8 Å². The number of hydrogen-bond donors (Lipinski definition) is 2. The predicted octanol–water partition coefficient (Wildman–Crippen LogP) is 1.38. The van der Waals surface area contributed by atoms with Crippen molar-refractivity contribution in [3.8, 4) is 0 Å². The number of nitrogens with zero attached hydrogens (tertiary/aromatic N) is 3. The highest BCUT2D eigenvalue weighted by atomic mass is 16.3. The van der Waals surface area contributed by atoms with Gasteiger partial charge in [-0.25, -0.2) is 9.78 Å². The summed E-state index contributed by atoms with van der Waals surface area (Å²) in [4.78, 5) is 21.0. The number of likely N-dealkylation sites (tertiary alicyclic amines) is 1. The summed E-state index contributed by atoms with van der Waals surface area (Å²) in [5.41, 5.74) is 1.03.